The van der Waals surface area contributed by atoms with Gasteiger partial charge in [-0.2, -0.15) is 0 Å². The van der Waals surface area contributed by atoms with Crippen LogP contribution in [0.4, 0.5) is 0 Å². The van der Waals surface area contributed by atoms with Crippen LogP contribution in [0.25, 0.3) is 0 Å². The number of hydrogen-bond donors (Lipinski definition) is 2. The van der Waals surface area contributed by atoms with Gasteiger partial charge in [0.2, 0.25) is 0 Å². The molecule has 0 saturated heterocycles. The molecule has 0 spiro atoms. The predicted octanol–water partition coefficient (Wildman–Crippen LogP) is 4.23. The standard InChI is InChI=1S/C20H21ClO4.H3N/c1-20(2,18(23)4-3-13-22)25-17-11-7-15(8-12-17)19(24)14-5-9-16(21)10-6-14;/h5-12,22H,3-4,13H2,1-2H3;1H3. The first-order chi connectivity index (χ1) is 11.8. The Bertz CT molecular complexity index is 739. The molecule has 0 fully saturated rings. The summed E-state index contributed by atoms with van der Waals surface area (Å²) in [4.78, 5) is 24.5. The highest BCUT2D eigenvalue weighted by molar-refractivity contribution is 6.30. The Hall–Kier alpha value is -2.21. The van der Waals surface area contributed by atoms with Crippen LogP contribution in [0.1, 0.15) is 42.6 Å². The van der Waals surface area contributed by atoms with E-state index in [0.717, 1.165) is 0 Å². The van der Waals surface area contributed by atoms with Gasteiger partial charge < -0.3 is 16.0 Å². The zero-order valence-corrected chi connectivity index (χ0v) is 15.8. The lowest BCUT2D eigenvalue weighted by atomic mass is 9.99. The van der Waals surface area contributed by atoms with Crippen molar-refractivity contribution in [2.75, 3.05) is 6.61 Å². The molecule has 2 aromatic rings. The normalized spacial score (nSPS) is 10.8. The van der Waals surface area contributed by atoms with Crippen LogP contribution in [0, 0.1) is 0 Å². The van der Waals surface area contributed by atoms with Gasteiger partial charge in [-0.25, -0.2) is 0 Å². The smallest absolute Gasteiger partial charge is 0.193 e. The number of aliphatic hydroxyl groups excluding tert-OH is 1. The monoisotopic (exact) mass is 377 g/mol. The average Bonchev–Trinajstić information content (AvgIpc) is 2.60. The van der Waals surface area contributed by atoms with Crippen LogP contribution in [0.3, 0.4) is 0 Å². The van der Waals surface area contributed by atoms with Crippen LogP contribution < -0.4 is 10.9 Å². The molecule has 4 N–H and O–H groups in total. The van der Waals surface area contributed by atoms with Crippen molar-refractivity contribution >= 4 is 23.2 Å². The highest BCUT2D eigenvalue weighted by Crippen LogP contribution is 2.22. The van der Waals surface area contributed by atoms with Gasteiger partial charge in [-0.1, -0.05) is 11.6 Å². The minimum Gasteiger partial charge on any atom is -0.480 e. The fourth-order valence-corrected chi connectivity index (χ4v) is 2.46. The van der Waals surface area contributed by atoms with Crippen LogP contribution in [-0.4, -0.2) is 28.9 Å². The molecule has 0 aliphatic rings. The Balaban J connectivity index is 0.00000338. The molecule has 2 aromatic carbocycles. The van der Waals surface area contributed by atoms with Gasteiger partial charge in [0.15, 0.2) is 17.2 Å². The highest BCUT2D eigenvalue weighted by atomic mass is 35.5. The molecule has 5 nitrogen and oxygen atoms in total. The molecular weight excluding hydrogens is 354 g/mol. The largest absolute Gasteiger partial charge is 0.480 e. The summed E-state index contributed by atoms with van der Waals surface area (Å²) in [6.07, 6.45) is 0.677. The van der Waals surface area contributed by atoms with E-state index in [9.17, 15) is 9.59 Å². The summed E-state index contributed by atoms with van der Waals surface area (Å²) in [6, 6.07) is 13.4. The van der Waals surface area contributed by atoms with Crippen molar-refractivity contribution < 1.29 is 19.4 Å². The molecule has 0 heterocycles. The third-order valence-electron chi connectivity index (χ3n) is 3.83. The van der Waals surface area contributed by atoms with Crippen molar-refractivity contribution in [2.45, 2.75) is 32.3 Å². The molecule has 0 aliphatic carbocycles. The van der Waals surface area contributed by atoms with Gasteiger partial charge in [0.05, 0.1) is 0 Å². The Labute approximate surface area is 158 Å². The number of Topliss-reactive ketones (excluding diaryl/α,β-unsaturated/α-hetero) is 1. The van der Waals surface area contributed by atoms with Crippen molar-refractivity contribution in [1.82, 2.24) is 6.15 Å². The predicted molar refractivity (Wildman–Crippen MR) is 102 cm³/mol. The van der Waals surface area contributed by atoms with Crippen molar-refractivity contribution in [3.8, 4) is 5.75 Å². The molecule has 0 bridgehead atoms. The molecule has 0 atom stereocenters. The second kappa shape index (κ2) is 9.48. The summed E-state index contributed by atoms with van der Waals surface area (Å²) < 4.78 is 5.76. The van der Waals surface area contributed by atoms with E-state index < -0.39 is 5.60 Å². The fourth-order valence-electron chi connectivity index (χ4n) is 2.33. The number of carbonyl (C=O) groups excluding carboxylic acids is 2. The first-order valence-corrected chi connectivity index (χ1v) is 8.45. The van der Waals surface area contributed by atoms with E-state index in [1.54, 1.807) is 62.4 Å². The van der Waals surface area contributed by atoms with Crippen LogP contribution >= 0.6 is 11.6 Å². The van der Waals surface area contributed by atoms with E-state index in [4.69, 9.17) is 21.4 Å². The molecule has 0 radical (unpaired) electrons. The lowest BCUT2D eigenvalue weighted by molar-refractivity contribution is -0.132. The van der Waals surface area contributed by atoms with Crippen LogP contribution in [0.2, 0.25) is 5.02 Å². The Morgan fingerprint density at radius 3 is 2.00 bits per heavy atom. The Morgan fingerprint density at radius 2 is 1.50 bits per heavy atom. The zero-order valence-electron chi connectivity index (χ0n) is 15.0. The molecular formula is C20H24ClNO4. The summed E-state index contributed by atoms with van der Waals surface area (Å²) in [5.41, 5.74) is 0.0910. The minimum absolute atomic E-state index is 0. The molecule has 140 valence electrons. The highest BCUT2D eigenvalue weighted by Gasteiger charge is 2.29. The van der Waals surface area contributed by atoms with E-state index in [-0.39, 0.29) is 30.7 Å². The van der Waals surface area contributed by atoms with E-state index in [1.165, 1.54) is 0 Å². The second-order valence-corrected chi connectivity index (χ2v) is 6.66. The maximum atomic E-state index is 12.4. The van der Waals surface area contributed by atoms with Gasteiger partial charge >= 0.3 is 0 Å². The first kappa shape index (κ1) is 21.8. The molecule has 0 unspecified atom stereocenters. The number of carbonyl (C=O) groups is 2. The van der Waals surface area contributed by atoms with Gasteiger partial charge in [-0.3, -0.25) is 9.59 Å². The molecule has 0 aromatic heterocycles. The fraction of sp³-hybridized carbons (Fsp3) is 0.300. The van der Waals surface area contributed by atoms with E-state index in [2.05, 4.69) is 0 Å². The number of ketones is 2. The SMILES string of the molecule is CC(C)(Oc1ccc(C(=O)c2ccc(Cl)cc2)cc1)C(=O)CCCO.N. The summed E-state index contributed by atoms with van der Waals surface area (Å²) in [7, 11) is 0. The molecule has 2 rings (SSSR count). The molecule has 26 heavy (non-hydrogen) atoms. The van der Waals surface area contributed by atoms with Gasteiger partial charge in [-0.05, 0) is 68.8 Å². The second-order valence-electron chi connectivity index (χ2n) is 6.22. The van der Waals surface area contributed by atoms with Crippen LogP contribution in [-0.2, 0) is 4.79 Å². The number of benzene rings is 2. The van der Waals surface area contributed by atoms with E-state index in [0.29, 0.717) is 28.3 Å². The average molecular weight is 378 g/mol. The van der Waals surface area contributed by atoms with Crippen molar-refractivity contribution in [3.63, 3.8) is 0 Å². The zero-order chi connectivity index (χ0) is 18.4. The lowest BCUT2D eigenvalue weighted by Gasteiger charge is -2.25. The third kappa shape index (κ3) is 5.66. The molecule has 0 amide bonds. The number of aliphatic hydroxyl groups is 1. The van der Waals surface area contributed by atoms with Crippen LogP contribution in [0.15, 0.2) is 48.5 Å². The topological polar surface area (TPSA) is 98.6 Å². The van der Waals surface area contributed by atoms with E-state index >= 15 is 0 Å². The maximum Gasteiger partial charge on any atom is 0.193 e. The van der Waals surface area contributed by atoms with Crippen molar-refractivity contribution in [2.24, 2.45) is 0 Å². The lowest BCUT2D eigenvalue weighted by Crippen LogP contribution is -2.38. The first-order valence-electron chi connectivity index (χ1n) is 8.07. The number of rotatable bonds is 8. The summed E-state index contributed by atoms with van der Waals surface area (Å²) in [5, 5.41) is 9.41. The molecule has 6 heteroatoms. The maximum absolute atomic E-state index is 12.4. The summed E-state index contributed by atoms with van der Waals surface area (Å²) in [6.45, 7) is 3.36. The number of halogens is 1. The molecule has 0 aliphatic heterocycles. The van der Waals surface area contributed by atoms with E-state index in [1.807, 2.05) is 0 Å². The summed E-state index contributed by atoms with van der Waals surface area (Å²) >= 11 is 5.83. The molecule has 0 saturated carbocycles. The number of ether oxygens (including phenoxy) is 1. The van der Waals surface area contributed by atoms with Crippen molar-refractivity contribution in [3.05, 3.63) is 64.7 Å². The quantitative estimate of drug-likeness (QED) is 0.670. The van der Waals surface area contributed by atoms with Crippen LogP contribution in [0.5, 0.6) is 5.75 Å². The Kier molecular flexibility index (Phi) is 7.96. The van der Waals surface area contributed by atoms with Crippen molar-refractivity contribution in [1.29, 1.82) is 0 Å². The van der Waals surface area contributed by atoms with Gasteiger partial charge in [0, 0.05) is 29.2 Å². The Morgan fingerprint density at radius 1 is 1.00 bits per heavy atom. The van der Waals surface area contributed by atoms with Gasteiger partial charge in [0.1, 0.15) is 5.75 Å². The number of hydrogen-bond acceptors (Lipinski definition) is 5. The summed E-state index contributed by atoms with van der Waals surface area (Å²) in [5.74, 6) is 0.319. The van der Waals surface area contributed by atoms with Gasteiger partial charge in [0.25, 0.3) is 0 Å². The third-order valence-corrected chi connectivity index (χ3v) is 4.08. The van der Waals surface area contributed by atoms with Gasteiger partial charge in [-0.15, -0.1) is 0 Å². The minimum atomic E-state index is -0.989.